The first kappa shape index (κ1) is 23.3. The summed E-state index contributed by atoms with van der Waals surface area (Å²) in [5.74, 6) is -0.446. The summed E-state index contributed by atoms with van der Waals surface area (Å²) < 4.78 is 31.3. The van der Waals surface area contributed by atoms with Gasteiger partial charge in [-0.1, -0.05) is 42.5 Å². The first-order chi connectivity index (χ1) is 15.8. The second-order valence-electron chi connectivity index (χ2n) is 8.51. The summed E-state index contributed by atoms with van der Waals surface area (Å²) in [4.78, 5) is 27.9. The molecular weight excluding hydrogens is 442 g/mol. The van der Waals surface area contributed by atoms with Crippen molar-refractivity contribution in [2.24, 2.45) is 5.92 Å². The third kappa shape index (κ3) is 5.54. The SMILES string of the molecule is CS(=O)(=O)N1CCCC(C(=O)N2CC(C(=O)NCCc3ccccc3)Oc3ccccc32)C1. The Balaban J connectivity index is 1.46. The summed E-state index contributed by atoms with van der Waals surface area (Å²) in [6, 6.07) is 17.0. The second-order valence-corrected chi connectivity index (χ2v) is 10.5. The van der Waals surface area contributed by atoms with Crippen molar-refractivity contribution >= 4 is 27.5 Å². The lowest BCUT2D eigenvalue weighted by Gasteiger charge is -2.38. The van der Waals surface area contributed by atoms with Crippen LogP contribution in [0.5, 0.6) is 5.75 Å². The number of benzene rings is 2. The van der Waals surface area contributed by atoms with Crippen LogP contribution in [0.3, 0.4) is 0 Å². The molecule has 2 aliphatic heterocycles. The molecule has 8 nitrogen and oxygen atoms in total. The number of rotatable bonds is 6. The molecule has 0 spiro atoms. The Morgan fingerprint density at radius 3 is 2.55 bits per heavy atom. The Morgan fingerprint density at radius 2 is 1.79 bits per heavy atom. The van der Waals surface area contributed by atoms with Gasteiger partial charge in [0.2, 0.25) is 15.9 Å². The van der Waals surface area contributed by atoms with E-state index in [1.807, 2.05) is 36.4 Å². The van der Waals surface area contributed by atoms with E-state index in [2.05, 4.69) is 5.32 Å². The fraction of sp³-hybridized carbons (Fsp3) is 0.417. The molecule has 0 radical (unpaired) electrons. The molecule has 4 rings (SSSR count). The smallest absolute Gasteiger partial charge is 0.262 e. The van der Waals surface area contributed by atoms with Gasteiger partial charge in [-0.05, 0) is 37.0 Å². The van der Waals surface area contributed by atoms with Crippen LogP contribution in [0.1, 0.15) is 18.4 Å². The molecule has 176 valence electrons. The molecule has 2 aliphatic rings. The zero-order valence-electron chi connectivity index (χ0n) is 18.6. The van der Waals surface area contributed by atoms with Gasteiger partial charge in [0.25, 0.3) is 5.91 Å². The molecule has 2 atom stereocenters. The third-order valence-corrected chi connectivity index (χ3v) is 7.36. The maximum Gasteiger partial charge on any atom is 0.262 e. The van der Waals surface area contributed by atoms with E-state index in [1.165, 1.54) is 10.6 Å². The highest BCUT2D eigenvalue weighted by Gasteiger charge is 2.38. The predicted octanol–water partition coefficient (Wildman–Crippen LogP) is 1.81. The number of nitrogens with zero attached hydrogens (tertiary/aromatic N) is 2. The van der Waals surface area contributed by atoms with Crippen LogP contribution in [0.4, 0.5) is 5.69 Å². The molecule has 1 saturated heterocycles. The van der Waals surface area contributed by atoms with Crippen LogP contribution in [-0.4, -0.2) is 63.1 Å². The monoisotopic (exact) mass is 471 g/mol. The number of hydrogen-bond donors (Lipinski definition) is 1. The van der Waals surface area contributed by atoms with Gasteiger partial charge in [-0.3, -0.25) is 9.59 Å². The van der Waals surface area contributed by atoms with Crippen molar-refractivity contribution in [3.8, 4) is 5.75 Å². The maximum atomic E-state index is 13.5. The molecule has 2 aromatic carbocycles. The van der Waals surface area contributed by atoms with Crippen molar-refractivity contribution < 1.29 is 22.7 Å². The number of ether oxygens (including phenoxy) is 1. The summed E-state index contributed by atoms with van der Waals surface area (Å²) >= 11 is 0. The zero-order valence-corrected chi connectivity index (χ0v) is 19.5. The Kier molecular flexibility index (Phi) is 6.99. The molecular formula is C24H29N3O5S. The minimum Gasteiger partial charge on any atom is -0.477 e. The van der Waals surface area contributed by atoms with E-state index in [4.69, 9.17) is 4.74 Å². The Hall–Kier alpha value is -2.91. The van der Waals surface area contributed by atoms with Gasteiger partial charge in [-0.25, -0.2) is 12.7 Å². The molecule has 1 fully saturated rings. The van der Waals surface area contributed by atoms with E-state index in [1.54, 1.807) is 23.1 Å². The highest BCUT2D eigenvalue weighted by molar-refractivity contribution is 7.88. The lowest BCUT2D eigenvalue weighted by Crippen LogP contribution is -2.54. The normalized spacial score (nSPS) is 21.1. The molecule has 2 aromatic rings. The lowest BCUT2D eigenvalue weighted by molar-refractivity contribution is -0.129. The molecule has 0 saturated carbocycles. The number of carbonyl (C=O) groups is 2. The summed E-state index contributed by atoms with van der Waals surface area (Å²) in [7, 11) is -3.37. The standard InChI is InChI=1S/C24H29N3O5S/c1-33(30,31)26-15-7-10-19(16-26)24(29)27-17-22(32-21-12-6-5-11-20(21)27)23(28)25-14-13-18-8-3-2-4-9-18/h2-6,8-9,11-12,19,22H,7,10,13-17H2,1H3,(H,25,28). The summed E-state index contributed by atoms with van der Waals surface area (Å²) in [6.07, 6.45) is 2.26. The minimum atomic E-state index is -3.37. The Labute approximate surface area is 194 Å². The average Bonchev–Trinajstić information content (AvgIpc) is 2.83. The van der Waals surface area contributed by atoms with Crippen molar-refractivity contribution in [2.75, 3.05) is 37.3 Å². The number of nitrogens with one attached hydrogen (secondary N) is 1. The molecule has 1 N–H and O–H groups in total. The first-order valence-electron chi connectivity index (χ1n) is 11.2. The fourth-order valence-corrected chi connectivity index (χ4v) is 5.25. The van der Waals surface area contributed by atoms with Crippen molar-refractivity contribution in [3.05, 3.63) is 60.2 Å². The van der Waals surface area contributed by atoms with Crippen molar-refractivity contribution in [2.45, 2.75) is 25.4 Å². The van der Waals surface area contributed by atoms with Gasteiger partial charge in [0.15, 0.2) is 6.10 Å². The molecule has 2 amide bonds. The number of anilines is 1. The topological polar surface area (TPSA) is 96.0 Å². The lowest BCUT2D eigenvalue weighted by atomic mass is 9.97. The molecule has 2 unspecified atom stereocenters. The van der Waals surface area contributed by atoms with Crippen LogP contribution in [0.2, 0.25) is 0 Å². The Morgan fingerprint density at radius 1 is 1.06 bits per heavy atom. The molecule has 0 aliphatic carbocycles. The van der Waals surface area contributed by atoms with Crippen LogP contribution < -0.4 is 15.0 Å². The number of hydrogen-bond acceptors (Lipinski definition) is 5. The van der Waals surface area contributed by atoms with E-state index < -0.39 is 22.0 Å². The molecule has 2 heterocycles. The number of piperidine rings is 1. The summed E-state index contributed by atoms with van der Waals surface area (Å²) in [5, 5.41) is 2.91. The van der Waals surface area contributed by atoms with Crippen LogP contribution in [0.25, 0.3) is 0 Å². The van der Waals surface area contributed by atoms with Crippen molar-refractivity contribution in [1.82, 2.24) is 9.62 Å². The highest BCUT2D eigenvalue weighted by Crippen LogP contribution is 2.35. The van der Waals surface area contributed by atoms with Gasteiger partial charge in [-0.2, -0.15) is 0 Å². The quantitative estimate of drug-likeness (QED) is 0.693. The van der Waals surface area contributed by atoms with Gasteiger partial charge in [0.1, 0.15) is 5.75 Å². The van der Waals surface area contributed by atoms with E-state index in [-0.39, 0.29) is 24.9 Å². The minimum absolute atomic E-state index is 0.0857. The van der Waals surface area contributed by atoms with Gasteiger partial charge >= 0.3 is 0 Å². The fourth-order valence-electron chi connectivity index (χ4n) is 4.33. The van der Waals surface area contributed by atoms with Gasteiger partial charge in [0, 0.05) is 19.6 Å². The number of carbonyl (C=O) groups excluding carboxylic acids is 2. The van der Waals surface area contributed by atoms with Gasteiger partial charge < -0.3 is 15.0 Å². The zero-order chi connectivity index (χ0) is 23.4. The van der Waals surface area contributed by atoms with Gasteiger partial charge in [-0.15, -0.1) is 0 Å². The highest BCUT2D eigenvalue weighted by atomic mass is 32.2. The Bertz CT molecular complexity index is 1110. The van der Waals surface area contributed by atoms with E-state index >= 15 is 0 Å². The van der Waals surface area contributed by atoms with E-state index in [0.717, 1.165) is 5.56 Å². The second kappa shape index (κ2) is 9.93. The van der Waals surface area contributed by atoms with Crippen molar-refractivity contribution in [3.63, 3.8) is 0 Å². The van der Waals surface area contributed by atoms with E-state index in [0.29, 0.717) is 43.8 Å². The van der Waals surface area contributed by atoms with Crippen molar-refractivity contribution in [1.29, 1.82) is 0 Å². The molecule has 0 aromatic heterocycles. The van der Waals surface area contributed by atoms with E-state index in [9.17, 15) is 18.0 Å². The summed E-state index contributed by atoms with van der Waals surface area (Å²) in [5.41, 5.74) is 1.73. The average molecular weight is 472 g/mol. The van der Waals surface area contributed by atoms with Crippen LogP contribution in [-0.2, 0) is 26.0 Å². The maximum absolute atomic E-state index is 13.5. The van der Waals surface area contributed by atoms with Crippen LogP contribution in [0.15, 0.2) is 54.6 Å². The third-order valence-electron chi connectivity index (χ3n) is 6.09. The first-order valence-corrected chi connectivity index (χ1v) is 13.0. The van der Waals surface area contributed by atoms with Crippen LogP contribution >= 0.6 is 0 Å². The molecule has 9 heteroatoms. The summed E-state index contributed by atoms with van der Waals surface area (Å²) in [6.45, 7) is 1.13. The molecule has 33 heavy (non-hydrogen) atoms. The number of fused-ring (bicyclic) bond motifs is 1. The number of sulfonamides is 1. The number of para-hydroxylation sites is 2. The molecule has 0 bridgehead atoms. The van der Waals surface area contributed by atoms with Gasteiger partial charge in [0.05, 0.1) is 24.4 Å². The van der Waals surface area contributed by atoms with Crippen LogP contribution in [0, 0.1) is 5.92 Å². The largest absolute Gasteiger partial charge is 0.477 e. The predicted molar refractivity (Wildman–Crippen MR) is 126 cm³/mol. The number of amides is 2.